The molecule has 0 aliphatic rings. The molecule has 0 fully saturated rings. The number of nitrogens with two attached hydrogens (primary N) is 1. The van der Waals surface area contributed by atoms with Crippen molar-refractivity contribution >= 4 is 23.5 Å². The summed E-state index contributed by atoms with van der Waals surface area (Å²) in [7, 11) is 0. The normalized spacial score (nSPS) is 12.5. The number of aromatic nitrogens is 1. The Balaban J connectivity index is 2.24. The Morgan fingerprint density at radius 2 is 2.53 bits per heavy atom. The van der Waals surface area contributed by atoms with E-state index in [0.29, 0.717) is 17.3 Å². The van der Waals surface area contributed by atoms with Crippen LogP contribution >= 0.6 is 11.8 Å². The van der Waals surface area contributed by atoms with Gasteiger partial charge in [0.05, 0.1) is 5.75 Å². The fourth-order valence-corrected chi connectivity index (χ4v) is 1.69. The topological polar surface area (TPSA) is 81.2 Å². The van der Waals surface area contributed by atoms with Crippen molar-refractivity contribution in [2.24, 2.45) is 5.73 Å². The van der Waals surface area contributed by atoms with Gasteiger partial charge in [0.2, 0.25) is 5.91 Å². The highest BCUT2D eigenvalue weighted by atomic mass is 32.2. The number of nitrogens with one attached hydrogen (secondary N) is 1. The van der Waals surface area contributed by atoms with Crippen LogP contribution in [0.3, 0.4) is 0 Å². The van der Waals surface area contributed by atoms with Gasteiger partial charge in [-0.1, -0.05) is 5.16 Å². The van der Waals surface area contributed by atoms with Crippen molar-refractivity contribution in [2.75, 3.05) is 16.8 Å². The number of hydrogen-bond donors (Lipinski definition) is 2. The smallest absolute Gasteiger partial charge is 0.235 e. The van der Waals surface area contributed by atoms with Crippen LogP contribution in [0, 0.1) is 6.92 Å². The standard InChI is InChI=1S/C9H15N3O2S/c1-6(10)4-15-5-9(13)11-8-3-7(2)14-12-8/h3,6H,4-5,10H2,1-2H3,(H,11,12,13). The summed E-state index contributed by atoms with van der Waals surface area (Å²) < 4.78 is 4.82. The molecule has 1 unspecified atom stereocenters. The quantitative estimate of drug-likeness (QED) is 0.787. The Labute approximate surface area is 92.8 Å². The van der Waals surface area contributed by atoms with Gasteiger partial charge in [0.25, 0.3) is 0 Å². The predicted molar refractivity (Wildman–Crippen MR) is 60.8 cm³/mol. The second kappa shape index (κ2) is 5.77. The molecule has 0 aliphatic heterocycles. The van der Waals surface area contributed by atoms with Crippen LogP contribution < -0.4 is 11.1 Å². The summed E-state index contributed by atoms with van der Waals surface area (Å²) in [5.41, 5.74) is 5.55. The van der Waals surface area contributed by atoms with Gasteiger partial charge < -0.3 is 15.6 Å². The number of carbonyl (C=O) groups excluding carboxylic acids is 1. The van der Waals surface area contributed by atoms with Gasteiger partial charge in [-0.2, -0.15) is 11.8 Å². The van der Waals surface area contributed by atoms with E-state index in [1.807, 2.05) is 6.92 Å². The third-order valence-electron chi connectivity index (χ3n) is 1.51. The minimum Gasteiger partial charge on any atom is -0.360 e. The van der Waals surface area contributed by atoms with E-state index in [4.69, 9.17) is 10.3 Å². The van der Waals surface area contributed by atoms with Crippen LogP contribution in [0.25, 0.3) is 0 Å². The van der Waals surface area contributed by atoms with E-state index in [0.717, 1.165) is 5.75 Å². The zero-order valence-corrected chi connectivity index (χ0v) is 9.63. The first-order chi connectivity index (χ1) is 7.08. The van der Waals surface area contributed by atoms with Gasteiger partial charge >= 0.3 is 0 Å². The predicted octanol–water partition coefficient (Wildman–Crippen LogP) is 1.00. The van der Waals surface area contributed by atoms with E-state index in [2.05, 4.69) is 10.5 Å². The van der Waals surface area contributed by atoms with Crippen molar-refractivity contribution in [1.29, 1.82) is 0 Å². The number of hydrogen-bond acceptors (Lipinski definition) is 5. The largest absolute Gasteiger partial charge is 0.360 e. The van der Waals surface area contributed by atoms with Crippen molar-refractivity contribution < 1.29 is 9.32 Å². The zero-order chi connectivity index (χ0) is 11.3. The highest BCUT2D eigenvalue weighted by molar-refractivity contribution is 8.00. The lowest BCUT2D eigenvalue weighted by Crippen LogP contribution is -2.20. The summed E-state index contributed by atoms with van der Waals surface area (Å²) in [5.74, 6) is 2.19. The Kier molecular flexibility index (Phi) is 4.64. The number of carbonyl (C=O) groups is 1. The Morgan fingerprint density at radius 3 is 3.07 bits per heavy atom. The van der Waals surface area contributed by atoms with Crippen LogP contribution in [0.1, 0.15) is 12.7 Å². The molecule has 1 amide bonds. The van der Waals surface area contributed by atoms with Crippen molar-refractivity contribution in [2.45, 2.75) is 19.9 Å². The highest BCUT2D eigenvalue weighted by Gasteiger charge is 2.06. The average Bonchev–Trinajstić information content (AvgIpc) is 2.50. The summed E-state index contributed by atoms with van der Waals surface area (Å²) in [6.07, 6.45) is 0. The van der Waals surface area contributed by atoms with E-state index < -0.39 is 0 Å². The van der Waals surface area contributed by atoms with Crippen LogP contribution in [-0.4, -0.2) is 28.6 Å². The Hall–Kier alpha value is -1.01. The molecule has 15 heavy (non-hydrogen) atoms. The third-order valence-corrected chi connectivity index (χ3v) is 2.74. The summed E-state index contributed by atoms with van der Waals surface area (Å²) >= 11 is 1.50. The summed E-state index contributed by atoms with van der Waals surface area (Å²) in [6.45, 7) is 3.68. The number of amides is 1. The number of thioether (sulfide) groups is 1. The molecule has 6 heteroatoms. The second-order valence-electron chi connectivity index (χ2n) is 3.36. The molecule has 0 radical (unpaired) electrons. The summed E-state index contributed by atoms with van der Waals surface area (Å²) in [6, 6.07) is 1.78. The van der Waals surface area contributed by atoms with Crippen molar-refractivity contribution in [1.82, 2.24) is 5.16 Å². The van der Waals surface area contributed by atoms with Crippen LogP contribution in [0.2, 0.25) is 0 Å². The van der Waals surface area contributed by atoms with E-state index in [1.54, 1.807) is 13.0 Å². The van der Waals surface area contributed by atoms with Crippen LogP contribution in [0.4, 0.5) is 5.82 Å². The van der Waals surface area contributed by atoms with Crippen LogP contribution in [0.5, 0.6) is 0 Å². The SMILES string of the molecule is Cc1cc(NC(=O)CSCC(C)N)no1. The van der Waals surface area contributed by atoms with Crippen LogP contribution in [-0.2, 0) is 4.79 Å². The minimum atomic E-state index is -0.0889. The second-order valence-corrected chi connectivity index (χ2v) is 4.39. The third kappa shape index (κ3) is 4.85. The molecule has 0 aliphatic carbocycles. The molecule has 1 heterocycles. The van der Waals surface area contributed by atoms with E-state index >= 15 is 0 Å². The van der Waals surface area contributed by atoms with Crippen molar-refractivity contribution in [3.8, 4) is 0 Å². The highest BCUT2D eigenvalue weighted by Crippen LogP contribution is 2.08. The molecule has 1 aromatic heterocycles. The van der Waals surface area contributed by atoms with E-state index in [9.17, 15) is 4.79 Å². The maximum Gasteiger partial charge on any atom is 0.235 e. The van der Waals surface area contributed by atoms with Crippen molar-refractivity contribution in [3.63, 3.8) is 0 Å². The molecule has 1 aromatic rings. The van der Waals surface area contributed by atoms with Gasteiger partial charge in [-0.15, -0.1) is 0 Å². The lowest BCUT2D eigenvalue weighted by atomic mass is 10.4. The first kappa shape index (κ1) is 12.1. The molecule has 84 valence electrons. The lowest BCUT2D eigenvalue weighted by Gasteiger charge is -2.03. The average molecular weight is 229 g/mol. The Bertz CT molecular complexity index is 325. The maximum atomic E-state index is 11.3. The number of nitrogens with zero attached hydrogens (tertiary/aromatic N) is 1. The molecule has 3 N–H and O–H groups in total. The minimum absolute atomic E-state index is 0.0889. The van der Waals surface area contributed by atoms with Crippen LogP contribution in [0.15, 0.2) is 10.6 Å². The molecule has 0 aromatic carbocycles. The molecule has 0 spiro atoms. The molecule has 5 nitrogen and oxygen atoms in total. The fourth-order valence-electron chi connectivity index (χ4n) is 0.942. The molecule has 1 rings (SSSR count). The first-order valence-electron chi connectivity index (χ1n) is 4.64. The molecular weight excluding hydrogens is 214 g/mol. The maximum absolute atomic E-state index is 11.3. The van der Waals surface area contributed by atoms with Gasteiger partial charge in [0.1, 0.15) is 5.76 Å². The lowest BCUT2D eigenvalue weighted by molar-refractivity contribution is -0.113. The monoisotopic (exact) mass is 229 g/mol. The van der Waals surface area contributed by atoms with Gasteiger partial charge in [-0.3, -0.25) is 4.79 Å². The van der Waals surface area contributed by atoms with Gasteiger partial charge in [-0.25, -0.2) is 0 Å². The number of aryl methyl sites for hydroxylation is 1. The molecule has 0 bridgehead atoms. The van der Waals surface area contributed by atoms with Gasteiger partial charge in [0, 0.05) is 17.9 Å². The van der Waals surface area contributed by atoms with Gasteiger partial charge in [-0.05, 0) is 13.8 Å². The summed E-state index contributed by atoms with van der Waals surface area (Å²) in [5, 5.41) is 6.29. The van der Waals surface area contributed by atoms with E-state index in [-0.39, 0.29) is 11.9 Å². The van der Waals surface area contributed by atoms with Crippen molar-refractivity contribution in [3.05, 3.63) is 11.8 Å². The molecule has 0 saturated heterocycles. The molecule has 0 saturated carbocycles. The molecular formula is C9H15N3O2S. The van der Waals surface area contributed by atoms with E-state index in [1.165, 1.54) is 11.8 Å². The van der Waals surface area contributed by atoms with Gasteiger partial charge in [0.15, 0.2) is 5.82 Å². The number of anilines is 1. The summed E-state index contributed by atoms with van der Waals surface area (Å²) in [4.78, 5) is 11.3. The zero-order valence-electron chi connectivity index (χ0n) is 8.82. The Morgan fingerprint density at radius 1 is 1.80 bits per heavy atom. The first-order valence-corrected chi connectivity index (χ1v) is 5.80. The molecule has 1 atom stereocenters. The fraction of sp³-hybridized carbons (Fsp3) is 0.556. The number of rotatable bonds is 5.